The van der Waals surface area contributed by atoms with Gasteiger partial charge < -0.3 is 20.5 Å². The number of para-hydroxylation sites is 2. The number of carbonyl (C=O) groups is 1. The minimum atomic E-state index is -0.266. The molecule has 1 atom stereocenters. The summed E-state index contributed by atoms with van der Waals surface area (Å²) in [4.78, 5) is 11.9. The van der Waals surface area contributed by atoms with Gasteiger partial charge in [0.1, 0.15) is 5.75 Å². The highest BCUT2D eigenvalue weighted by atomic mass is 35.5. The minimum Gasteiger partial charge on any atom is -0.489 e. The third-order valence-electron chi connectivity index (χ3n) is 2.53. The second kappa shape index (κ2) is 9.58. The third kappa shape index (κ3) is 6.23. The first-order valence-electron chi connectivity index (χ1n) is 6.35. The van der Waals surface area contributed by atoms with Gasteiger partial charge in [0.25, 0.3) is 0 Å². The Morgan fingerprint density at radius 3 is 2.55 bits per heavy atom. The number of hydrogen-bond acceptors (Lipinski definition) is 4. The summed E-state index contributed by atoms with van der Waals surface area (Å²) in [5, 5.41) is 2.82. The Labute approximate surface area is 126 Å². The predicted molar refractivity (Wildman–Crippen MR) is 82.6 cm³/mol. The third-order valence-corrected chi connectivity index (χ3v) is 2.53. The van der Waals surface area contributed by atoms with Gasteiger partial charge in [0.05, 0.1) is 24.3 Å². The predicted octanol–water partition coefficient (Wildman–Crippen LogP) is 2.20. The van der Waals surface area contributed by atoms with Gasteiger partial charge in [-0.2, -0.15) is 0 Å². The molecule has 20 heavy (non-hydrogen) atoms. The van der Waals surface area contributed by atoms with Crippen molar-refractivity contribution in [2.45, 2.75) is 32.5 Å². The summed E-state index contributed by atoms with van der Waals surface area (Å²) in [6.45, 7) is 4.19. The van der Waals surface area contributed by atoms with Crippen LogP contribution >= 0.6 is 12.4 Å². The topological polar surface area (TPSA) is 73.6 Å². The van der Waals surface area contributed by atoms with Crippen LogP contribution in [-0.2, 0) is 9.53 Å². The molecule has 0 fully saturated rings. The highest BCUT2D eigenvalue weighted by Gasteiger charge is 2.13. The molecule has 1 amide bonds. The summed E-state index contributed by atoms with van der Waals surface area (Å²) in [6.07, 6.45) is 0.00947. The van der Waals surface area contributed by atoms with Crippen LogP contribution in [0.1, 0.15) is 20.3 Å². The zero-order valence-electron chi connectivity index (χ0n) is 12.1. The largest absolute Gasteiger partial charge is 0.489 e. The average Bonchev–Trinajstić information content (AvgIpc) is 2.37. The molecule has 1 unspecified atom stereocenters. The van der Waals surface area contributed by atoms with Crippen molar-refractivity contribution in [2.75, 3.05) is 19.0 Å². The molecule has 0 aliphatic rings. The summed E-state index contributed by atoms with van der Waals surface area (Å²) in [6, 6.07) is 7.34. The van der Waals surface area contributed by atoms with Crippen LogP contribution in [0.15, 0.2) is 24.3 Å². The lowest BCUT2D eigenvalue weighted by Gasteiger charge is -2.16. The zero-order chi connectivity index (χ0) is 14.3. The maximum absolute atomic E-state index is 11.9. The molecule has 0 bridgehead atoms. The van der Waals surface area contributed by atoms with Gasteiger partial charge in [-0.25, -0.2) is 0 Å². The second-order valence-corrected chi connectivity index (χ2v) is 4.51. The molecule has 0 saturated heterocycles. The number of anilines is 1. The number of halogens is 1. The fourth-order valence-electron chi connectivity index (χ4n) is 1.60. The molecular formula is C14H23ClN2O3. The number of methoxy groups -OCH3 is 1. The second-order valence-electron chi connectivity index (χ2n) is 4.51. The molecule has 0 heterocycles. The van der Waals surface area contributed by atoms with Crippen molar-refractivity contribution in [3.05, 3.63) is 24.3 Å². The summed E-state index contributed by atoms with van der Waals surface area (Å²) < 4.78 is 10.7. The summed E-state index contributed by atoms with van der Waals surface area (Å²) >= 11 is 0. The normalized spacial score (nSPS) is 11.7. The fraction of sp³-hybridized carbons (Fsp3) is 0.500. The molecule has 0 aliphatic carbocycles. The van der Waals surface area contributed by atoms with Crippen LogP contribution < -0.4 is 15.8 Å². The van der Waals surface area contributed by atoms with E-state index in [1.165, 1.54) is 0 Å². The van der Waals surface area contributed by atoms with E-state index < -0.39 is 0 Å². The van der Waals surface area contributed by atoms with Crippen LogP contribution in [0.2, 0.25) is 0 Å². The Morgan fingerprint density at radius 2 is 2.00 bits per heavy atom. The van der Waals surface area contributed by atoms with Crippen LogP contribution in [0.25, 0.3) is 0 Å². The maximum atomic E-state index is 11.9. The van der Waals surface area contributed by atoms with Crippen molar-refractivity contribution < 1.29 is 14.3 Å². The number of amides is 1. The SMILES string of the molecule is COC(CN)CC(=O)Nc1ccccc1OC(C)C.Cl. The van der Waals surface area contributed by atoms with Gasteiger partial charge in [-0.3, -0.25) is 4.79 Å². The molecular weight excluding hydrogens is 280 g/mol. The van der Waals surface area contributed by atoms with E-state index in [1.54, 1.807) is 13.2 Å². The zero-order valence-corrected chi connectivity index (χ0v) is 12.9. The number of nitrogens with one attached hydrogen (secondary N) is 1. The Bertz CT molecular complexity index is 409. The number of nitrogens with two attached hydrogens (primary N) is 1. The molecule has 0 radical (unpaired) electrons. The van der Waals surface area contributed by atoms with E-state index in [-0.39, 0.29) is 36.9 Å². The number of carbonyl (C=O) groups excluding carboxylic acids is 1. The first-order valence-corrected chi connectivity index (χ1v) is 6.35. The van der Waals surface area contributed by atoms with Crippen molar-refractivity contribution in [3.8, 4) is 5.75 Å². The van der Waals surface area contributed by atoms with E-state index in [1.807, 2.05) is 32.0 Å². The van der Waals surface area contributed by atoms with E-state index >= 15 is 0 Å². The van der Waals surface area contributed by atoms with Crippen molar-refractivity contribution in [1.29, 1.82) is 0 Å². The summed E-state index contributed by atoms with van der Waals surface area (Å²) in [7, 11) is 1.54. The Morgan fingerprint density at radius 1 is 1.35 bits per heavy atom. The molecule has 1 aromatic carbocycles. The molecule has 1 aromatic rings. The van der Waals surface area contributed by atoms with Gasteiger partial charge in [0.2, 0.25) is 5.91 Å². The quantitative estimate of drug-likeness (QED) is 0.810. The van der Waals surface area contributed by atoms with E-state index in [4.69, 9.17) is 15.2 Å². The molecule has 0 saturated carbocycles. The minimum absolute atomic E-state index is 0. The molecule has 114 valence electrons. The van der Waals surface area contributed by atoms with Crippen molar-refractivity contribution in [2.24, 2.45) is 5.73 Å². The van der Waals surface area contributed by atoms with Gasteiger partial charge in [-0.05, 0) is 26.0 Å². The highest BCUT2D eigenvalue weighted by molar-refractivity contribution is 5.92. The lowest BCUT2D eigenvalue weighted by Crippen LogP contribution is -2.28. The van der Waals surface area contributed by atoms with E-state index in [0.717, 1.165) is 0 Å². The van der Waals surface area contributed by atoms with Gasteiger partial charge in [-0.15, -0.1) is 12.4 Å². The summed E-state index contributed by atoms with van der Waals surface area (Å²) in [5.41, 5.74) is 6.15. The molecule has 5 nitrogen and oxygen atoms in total. The van der Waals surface area contributed by atoms with Crippen molar-refractivity contribution >= 4 is 24.0 Å². The lowest BCUT2D eigenvalue weighted by molar-refractivity contribution is -0.118. The molecule has 3 N–H and O–H groups in total. The van der Waals surface area contributed by atoms with E-state index in [9.17, 15) is 4.79 Å². The maximum Gasteiger partial charge on any atom is 0.227 e. The van der Waals surface area contributed by atoms with Gasteiger partial charge in [0, 0.05) is 13.7 Å². The van der Waals surface area contributed by atoms with Crippen LogP contribution in [0.5, 0.6) is 5.75 Å². The van der Waals surface area contributed by atoms with Crippen LogP contribution in [-0.4, -0.2) is 31.8 Å². The summed E-state index contributed by atoms with van der Waals surface area (Å²) in [5.74, 6) is 0.518. The molecule has 6 heteroatoms. The van der Waals surface area contributed by atoms with Gasteiger partial charge >= 0.3 is 0 Å². The smallest absolute Gasteiger partial charge is 0.227 e. The number of benzene rings is 1. The molecule has 0 aliphatic heterocycles. The van der Waals surface area contributed by atoms with Gasteiger partial charge in [-0.1, -0.05) is 12.1 Å². The molecule has 0 spiro atoms. The number of rotatable bonds is 7. The number of ether oxygens (including phenoxy) is 2. The lowest BCUT2D eigenvalue weighted by atomic mass is 10.2. The molecule has 0 aromatic heterocycles. The molecule has 1 rings (SSSR count). The Hall–Kier alpha value is -1.30. The van der Waals surface area contributed by atoms with Crippen LogP contribution in [0, 0.1) is 0 Å². The monoisotopic (exact) mass is 302 g/mol. The van der Waals surface area contributed by atoms with E-state index in [2.05, 4.69) is 5.32 Å². The first-order chi connectivity index (χ1) is 9.06. The van der Waals surface area contributed by atoms with E-state index in [0.29, 0.717) is 18.0 Å². The van der Waals surface area contributed by atoms with Gasteiger partial charge in [0.15, 0.2) is 0 Å². The first kappa shape index (κ1) is 18.7. The van der Waals surface area contributed by atoms with Crippen LogP contribution in [0.4, 0.5) is 5.69 Å². The fourth-order valence-corrected chi connectivity index (χ4v) is 1.60. The Balaban J connectivity index is 0.00000361. The Kier molecular flexibility index (Phi) is 8.96. The average molecular weight is 303 g/mol. The van der Waals surface area contributed by atoms with Crippen LogP contribution in [0.3, 0.4) is 0 Å². The van der Waals surface area contributed by atoms with Crippen molar-refractivity contribution in [1.82, 2.24) is 0 Å². The number of hydrogen-bond donors (Lipinski definition) is 2. The van der Waals surface area contributed by atoms with Crippen molar-refractivity contribution in [3.63, 3.8) is 0 Å². The standard InChI is InChI=1S/C14H22N2O3.ClH/c1-10(2)19-13-7-5-4-6-12(13)16-14(17)8-11(9-15)18-3;/h4-7,10-11H,8-9,15H2,1-3H3,(H,16,17);1H. The highest BCUT2D eigenvalue weighted by Crippen LogP contribution is 2.25.